The molecule has 0 saturated carbocycles. The van der Waals surface area contributed by atoms with Crippen LogP contribution in [0.1, 0.15) is 0 Å². The van der Waals surface area contributed by atoms with Crippen molar-refractivity contribution >= 4 is 54.6 Å². The van der Waals surface area contributed by atoms with Gasteiger partial charge in [-0.25, -0.2) is 9.97 Å². The molecule has 11 rings (SSSR count). The van der Waals surface area contributed by atoms with Gasteiger partial charge in [0.05, 0.1) is 11.0 Å². The van der Waals surface area contributed by atoms with Crippen LogP contribution in [0.15, 0.2) is 170 Å². The van der Waals surface area contributed by atoms with Crippen LogP contribution in [0.25, 0.3) is 99.8 Å². The van der Waals surface area contributed by atoms with E-state index in [0.29, 0.717) is 0 Å². The second-order valence-electron chi connectivity index (χ2n) is 13.2. The number of aromatic nitrogens is 6. The smallest absolute Gasteiger partial charge is 0.656 e. The fourth-order valence-electron chi connectivity index (χ4n) is 7.87. The average molecular weight is 872 g/mol. The molecule has 0 aliphatic carbocycles. The third kappa shape index (κ3) is 4.95. The number of rotatable bonds is 5. The summed E-state index contributed by atoms with van der Waals surface area (Å²) in [6, 6.07) is 56.6. The Morgan fingerprint density at radius 2 is 1.26 bits per heavy atom. The van der Waals surface area contributed by atoms with E-state index in [1.165, 1.54) is 0 Å². The summed E-state index contributed by atoms with van der Waals surface area (Å²) in [7, 11) is 0. The Balaban J connectivity index is 0.00000361. The minimum Gasteiger partial charge on any atom is -0.656 e. The van der Waals surface area contributed by atoms with Crippen LogP contribution in [-0.2, 0) is 21.1 Å². The average Bonchev–Trinajstić information content (AvgIpc) is 3.91. The number of pyridine rings is 2. The van der Waals surface area contributed by atoms with Crippen LogP contribution >= 0.6 is 0 Å². The molecular formula is C47H28N6Pt. The molecule has 0 N–H and O–H groups in total. The van der Waals surface area contributed by atoms with Crippen molar-refractivity contribution in [3.05, 3.63) is 176 Å². The van der Waals surface area contributed by atoms with E-state index in [-0.39, 0.29) is 21.1 Å². The Kier molecular flexibility index (Phi) is 7.60. The van der Waals surface area contributed by atoms with E-state index >= 15 is 0 Å². The van der Waals surface area contributed by atoms with Gasteiger partial charge in [-0.3, -0.25) is 9.55 Å². The topological polar surface area (TPSA) is 62.6 Å². The SMILES string of the molecule is [Pt+2].[c-]1c(-c2cccc3c2nc(-c2cccc4c2[n-]c2ccccc24)n3-c2ccccc2)ccc2c3ccccc3n(-c3cc(-c4ccncc4)ccn3)c12. The first-order chi connectivity index (χ1) is 26.3. The van der Waals surface area contributed by atoms with E-state index in [2.05, 4.69) is 142 Å². The summed E-state index contributed by atoms with van der Waals surface area (Å²) in [4.78, 5) is 19.7. The molecule has 0 atom stereocenters. The molecule has 5 heterocycles. The molecule has 256 valence electrons. The van der Waals surface area contributed by atoms with E-state index < -0.39 is 0 Å². The number of benzene rings is 6. The van der Waals surface area contributed by atoms with Crippen molar-refractivity contribution in [3.63, 3.8) is 0 Å². The van der Waals surface area contributed by atoms with Crippen LogP contribution < -0.4 is 4.98 Å². The van der Waals surface area contributed by atoms with Gasteiger partial charge in [0, 0.05) is 35.4 Å². The van der Waals surface area contributed by atoms with Gasteiger partial charge in [-0.15, -0.1) is 34.8 Å². The van der Waals surface area contributed by atoms with Crippen LogP contribution in [0, 0.1) is 6.07 Å². The number of fused-ring (bicyclic) bond motifs is 7. The van der Waals surface area contributed by atoms with Crippen LogP contribution in [0.3, 0.4) is 0 Å². The van der Waals surface area contributed by atoms with Crippen molar-refractivity contribution in [3.8, 4) is 45.1 Å². The predicted octanol–water partition coefficient (Wildman–Crippen LogP) is 11.0. The molecule has 5 aromatic heterocycles. The first-order valence-corrected chi connectivity index (χ1v) is 17.6. The molecule has 7 heteroatoms. The second kappa shape index (κ2) is 12.8. The second-order valence-corrected chi connectivity index (χ2v) is 13.2. The van der Waals surface area contributed by atoms with Gasteiger partial charge in [-0.05, 0) is 81.3 Å². The summed E-state index contributed by atoms with van der Waals surface area (Å²) in [5.41, 5.74) is 12.0. The van der Waals surface area contributed by atoms with E-state index in [1.807, 2.05) is 48.9 Å². The van der Waals surface area contributed by atoms with Gasteiger partial charge >= 0.3 is 21.1 Å². The minimum absolute atomic E-state index is 0. The van der Waals surface area contributed by atoms with Gasteiger partial charge < -0.3 is 9.55 Å². The Morgan fingerprint density at radius 1 is 0.537 bits per heavy atom. The molecule has 6 aromatic carbocycles. The fourth-order valence-corrected chi connectivity index (χ4v) is 7.87. The molecule has 11 aromatic rings. The maximum Gasteiger partial charge on any atom is 2.00 e. The third-order valence-electron chi connectivity index (χ3n) is 10.3. The summed E-state index contributed by atoms with van der Waals surface area (Å²) >= 11 is 0. The molecule has 54 heavy (non-hydrogen) atoms. The molecule has 0 amide bonds. The Bertz CT molecular complexity index is 3180. The molecular weight excluding hydrogens is 844 g/mol. The van der Waals surface area contributed by atoms with E-state index in [4.69, 9.17) is 15.0 Å². The standard InChI is InChI=1S/C47H28N6.Pt/c1-2-10-33(11-3-1)52-42-19-9-14-34(46(42)51-47(52)39-16-8-15-38-35-12-4-6-17-40(35)50-45(38)39)32-20-21-37-36-13-5-7-18-41(36)53(43(37)28-32)44-29-31(24-27-49-44)30-22-25-48-26-23-30;/h1-27,29H;/q-2;+2. The van der Waals surface area contributed by atoms with Gasteiger partial charge in [-0.2, -0.15) is 0 Å². The number of nitrogens with zero attached hydrogens (tertiary/aromatic N) is 6. The molecule has 6 nitrogen and oxygen atoms in total. The fraction of sp³-hybridized carbons (Fsp3) is 0. The summed E-state index contributed by atoms with van der Waals surface area (Å²) in [6.07, 6.45) is 5.51. The van der Waals surface area contributed by atoms with E-state index in [9.17, 15) is 0 Å². The van der Waals surface area contributed by atoms with Crippen LogP contribution in [-0.4, -0.2) is 24.1 Å². The molecule has 0 saturated heterocycles. The Labute approximate surface area is 324 Å². The zero-order valence-corrected chi connectivity index (χ0v) is 30.9. The summed E-state index contributed by atoms with van der Waals surface area (Å²) in [5, 5.41) is 4.53. The van der Waals surface area contributed by atoms with Crippen LogP contribution in [0.4, 0.5) is 0 Å². The summed E-state index contributed by atoms with van der Waals surface area (Å²) in [5.74, 6) is 1.68. The molecule has 0 radical (unpaired) electrons. The summed E-state index contributed by atoms with van der Waals surface area (Å²) < 4.78 is 4.48. The van der Waals surface area contributed by atoms with Gasteiger partial charge in [0.2, 0.25) is 0 Å². The van der Waals surface area contributed by atoms with Crippen molar-refractivity contribution in [2.45, 2.75) is 0 Å². The quantitative estimate of drug-likeness (QED) is 0.162. The van der Waals surface area contributed by atoms with Crippen molar-refractivity contribution in [1.82, 2.24) is 29.1 Å². The zero-order valence-electron chi connectivity index (χ0n) is 28.7. The Morgan fingerprint density at radius 3 is 2.15 bits per heavy atom. The molecule has 0 fully saturated rings. The monoisotopic (exact) mass is 871 g/mol. The van der Waals surface area contributed by atoms with Crippen molar-refractivity contribution < 1.29 is 21.1 Å². The van der Waals surface area contributed by atoms with Gasteiger partial charge in [-0.1, -0.05) is 102 Å². The van der Waals surface area contributed by atoms with Gasteiger partial charge in [0.25, 0.3) is 0 Å². The molecule has 0 bridgehead atoms. The molecule has 0 unspecified atom stereocenters. The van der Waals surface area contributed by atoms with Crippen molar-refractivity contribution in [2.24, 2.45) is 0 Å². The molecule has 0 aliphatic rings. The van der Waals surface area contributed by atoms with Crippen LogP contribution in [0.5, 0.6) is 0 Å². The Hall–Kier alpha value is -6.62. The van der Waals surface area contributed by atoms with Crippen molar-refractivity contribution in [1.29, 1.82) is 0 Å². The zero-order chi connectivity index (χ0) is 34.9. The maximum absolute atomic E-state index is 5.48. The first-order valence-electron chi connectivity index (χ1n) is 17.6. The summed E-state index contributed by atoms with van der Waals surface area (Å²) in [6.45, 7) is 0. The maximum atomic E-state index is 5.48. The normalized spacial score (nSPS) is 11.6. The number of para-hydroxylation sites is 5. The number of hydrogen-bond donors (Lipinski definition) is 0. The van der Waals surface area contributed by atoms with Gasteiger partial charge in [0.1, 0.15) is 11.6 Å². The van der Waals surface area contributed by atoms with E-state index in [0.717, 1.165) is 99.8 Å². The van der Waals surface area contributed by atoms with E-state index in [1.54, 1.807) is 0 Å². The predicted molar refractivity (Wildman–Crippen MR) is 214 cm³/mol. The number of imidazole rings is 1. The van der Waals surface area contributed by atoms with Crippen LogP contribution in [0.2, 0.25) is 0 Å². The first kappa shape index (κ1) is 32.1. The van der Waals surface area contributed by atoms with Crippen molar-refractivity contribution in [2.75, 3.05) is 0 Å². The largest absolute Gasteiger partial charge is 2.00 e. The number of hydrogen-bond acceptors (Lipinski definition) is 3. The third-order valence-corrected chi connectivity index (χ3v) is 10.3. The minimum atomic E-state index is 0. The van der Waals surface area contributed by atoms with Gasteiger partial charge in [0.15, 0.2) is 0 Å². The molecule has 0 aliphatic heterocycles. The molecule has 0 spiro atoms.